The number of rotatable bonds is 8. The van der Waals surface area contributed by atoms with Crippen molar-refractivity contribution in [1.29, 1.82) is 0 Å². The summed E-state index contributed by atoms with van der Waals surface area (Å²) in [5.41, 5.74) is 0.163. The van der Waals surface area contributed by atoms with E-state index in [9.17, 15) is 14.4 Å². The van der Waals surface area contributed by atoms with E-state index < -0.39 is 11.9 Å². The number of aliphatic carboxylic acids is 1. The second-order valence-electron chi connectivity index (χ2n) is 4.51. The zero-order chi connectivity index (χ0) is 15.1. The maximum Gasteiger partial charge on any atom is 0.303 e. The van der Waals surface area contributed by atoms with E-state index in [1.807, 2.05) is 0 Å². The molecule has 0 aliphatic rings. The van der Waals surface area contributed by atoms with Crippen LogP contribution in [0, 0.1) is 5.92 Å². The summed E-state index contributed by atoms with van der Waals surface area (Å²) in [6, 6.07) is 4.67. The van der Waals surface area contributed by atoms with Crippen LogP contribution in [0.4, 0.5) is 0 Å². The minimum atomic E-state index is -0.882. The maximum atomic E-state index is 12.2. The number of Topliss-reactive ketones (excluding diaryl/α,β-unsaturated/α-hetero) is 2. The van der Waals surface area contributed by atoms with Crippen molar-refractivity contribution in [1.82, 2.24) is 4.98 Å². The van der Waals surface area contributed by atoms with Gasteiger partial charge in [0.15, 0.2) is 5.78 Å². The lowest BCUT2D eigenvalue weighted by molar-refractivity contribution is -0.137. The lowest BCUT2D eigenvalue weighted by Crippen LogP contribution is -2.23. The first kappa shape index (κ1) is 16.3. The van der Waals surface area contributed by atoms with E-state index in [-0.39, 0.29) is 28.8 Å². The van der Waals surface area contributed by atoms with Crippen molar-refractivity contribution in [2.24, 2.45) is 5.92 Å². The van der Waals surface area contributed by atoms with E-state index in [0.29, 0.717) is 19.3 Å². The summed E-state index contributed by atoms with van der Waals surface area (Å²) in [6.45, 7) is 1.35. The number of hydrogen-bond donors (Lipinski definition) is 1. The van der Waals surface area contributed by atoms with Gasteiger partial charge in [0, 0.05) is 6.42 Å². The molecule has 1 rings (SSSR count). The van der Waals surface area contributed by atoms with Gasteiger partial charge in [0.1, 0.15) is 16.6 Å². The Labute approximate surface area is 122 Å². The van der Waals surface area contributed by atoms with Gasteiger partial charge in [-0.3, -0.25) is 14.4 Å². The van der Waals surface area contributed by atoms with E-state index in [0.717, 1.165) is 0 Å². The van der Waals surface area contributed by atoms with Crippen LogP contribution >= 0.6 is 11.6 Å². The van der Waals surface area contributed by atoms with Crippen LogP contribution in [0.25, 0.3) is 0 Å². The summed E-state index contributed by atoms with van der Waals surface area (Å²) >= 11 is 5.72. The fourth-order valence-corrected chi connectivity index (χ4v) is 2.03. The molecule has 1 unspecified atom stereocenters. The molecular formula is C14H16ClNO4. The summed E-state index contributed by atoms with van der Waals surface area (Å²) in [6.07, 6.45) is 1.31. The Hall–Kier alpha value is -1.75. The van der Waals surface area contributed by atoms with Crippen molar-refractivity contribution in [2.45, 2.75) is 32.6 Å². The Morgan fingerprint density at radius 1 is 1.30 bits per heavy atom. The van der Waals surface area contributed by atoms with E-state index >= 15 is 0 Å². The van der Waals surface area contributed by atoms with Gasteiger partial charge in [0.2, 0.25) is 0 Å². The molecule has 0 spiro atoms. The molecule has 20 heavy (non-hydrogen) atoms. The number of aromatic nitrogens is 1. The molecule has 0 aliphatic carbocycles. The van der Waals surface area contributed by atoms with Crippen molar-refractivity contribution in [3.8, 4) is 0 Å². The Balaban J connectivity index is 2.68. The number of unbranched alkanes of at least 4 members (excludes halogenated alkanes) is 1. The van der Waals surface area contributed by atoms with E-state index in [1.54, 1.807) is 12.1 Å². The highest BCUT2D eigenvalue weighted by Gasteiger charge is 2.25. The fraction of sp³-hybridized carbons (Fsp3) is 0.429. The molecule has 1 aromatic rings. The summed E-state index contributed by atoms with van der Waals surface area (Å²) < 4.78 is 0. The average Bonchev–Trinajstić information content (AvgIpc) is 2.37. The van der Waals surface area contributed by atoms with Crippen LogP contribution in [0.15, 0.2) is 18.2 Å². The van der Waals surface area contributed by atoms with E-state index in [4.69, 9.17) is 16.7 Å². The highest BCUT2D eigenvalue weighted by Crippen LogP contribution is 2.17. The Kier molecular flexibility index (Phi) is 6.31. The average molecular weight is 298 g/mol. The van der Waals surface area contributed by atoms with E-state index in [2.05, 4.69) is 4.98 Å². The van der Waals surface area contributed by atoms with Crippen LogP contribution < -0.4 is 0 Å². The van der Waals surface area contributed by atoms with Gasteiger partial charge in [-0.1, -0.05) is 24.1 Å². The Bertz CT molecular complexity index is 516. The molecule has 6 heteroatoms. The second kappa shape index (κ2) is 7.75. The third-order valence-corrected chi connectivity index (χ3v) is 3.12. The van der Waals surface area contributed by atoms with Crippen LogP contribution in [0.5, 0.6) is 0 Å². The maximum absolute atomic E-state index is 12.2. The molecule has 0 bridgehead atoms. The van der Waals surface area contributed by atoms with Gasteiger partial charge in [0.05, 0.1) is 5.92 Å². The zero-order valence-corrected chi connectivity index (χ0v) is 11.9. The van der Waals surface area contributed by atoms with Gasteiger partial charge in [-0.05, 0) is 31.9 Å². The van der Waals surface area contributed by atoms with Gasteiger partial charge < -0.3 is 5.11 Å². The molecule has 1 N–H and O–H groups in total. The van der Waals surface area contributed by atoms with Crippen molar-refractivity contribution in [3.63, 3.8) is 0 Å². The summed E-state index contributed by atoms with van der Waals surface area (Å²) in [5, 5.41) is 8.75. The minimum Gasteiger partial charge on any atom is -0.481 e. The zero-order valence-electron chi connectivity index (χ0n) is 11.1. The molecule has 1 atom stereocenters. The molecular weight excluding hydrogens is 282 g/mol. The lowest BCUT2D eigenvalue weighted by atomic mass is 9.91. The second-order valence-corrected chi connectivity index (χ2v) is 4.90. The first-order valence-corrected chi connectivity index (χ1v) is 6.68. The summed E-state index contributed by atoms with van der Waals surface area (Å²) in [4.78, 5) is 38.1. The minimum absolute atomic E-state index is 0.0359. The predicted octanol–water partition coefficient (Wildman–Crippen LogP) is 2.77. The molecule has 0 aromatic carbocycles. The van der Waals surface area contributed by atoms with Crippen LogP contribution in [-0.4, -0.2) is 27.6 Å². The number of nitrogens with zero attached hydrogens (tertiary/aromatic N) is 1. The predicted molar refractivity (Wildman–Crippen MR) is 73.9 cm³/mol. The SMILES string of the molecule is CC(=O)C(CCCCC(=O)O)C(=O)c1cccc(Cl)n1. The topological polar surface area (TPSA) is 84.3 Å². The molecule has 0 fully saturated rings. The van der Waals surface area contributed by atoms with Gasteiger partial charge in [-0.2, -0.15) is 0 Å². The number of pyridine rings is 1. The van der Waals surface area contributed by atoms with Crippen LogP contribution in [0.2, 0.25) is 5.15 Å². The van der Waals surface area contributed by atoms with Gasteiger partial charge >= 0.3 is 5.97 Å². The number of hydrogen-bond acceptors (Lipinski definition) is 4. The summed E-state index contributed by atoms with van der Waals surface area (Å²) in [5.74, 6) is -2.27. The molecule has 5 nitrogen and oxygen atoms in total. The van der Waals surface area contributed by atoms with Crippen LogP contribution in [-0.2, 0) is 9.59 Å². The Morgan fingerprint density at radius 2 is 2.00 bits per heavy atom. The van der Waals surface area contributed by atoms with Gasteiger partial charge in [-0.15, -0.1) is 0 Å². The third kappa shape index (κ3) is 5.09. The van der Waals surface area contributed by atoms with Gasteiger partial charge in [-0.25, -0.2) is 4.98 Å². The van der Waals surface area contributed by atoms with E-state index in [1.165, 1.54) is 13.0 Å². The highest BCUT2D eigenvalue weighted by atomic mass is 35.5. The molecule has 1 aromatic heterocycles. The quantitative estimate of drug-likeness (QED) is 0.345. The molecule has 1 heterocycles. The van der Waals surface area contributed by atoms with Crippen LogP contribution in [0.1, 0.15) is 43.1 Å². The molecule has 0 aliphatic heterocycles. The van der Waals surface area contributed by atoms with Crippen molar-refractivity contribution >= 4 is 29.1 Å². The number of halogens is 1. The number of carbonyl (C=O) groups is 3. The highest BCUT2D eigenvalue weighted by molar-refractivity contribution is 6.29. The molecule has 0 saturated carbocycles. The van der Waals surface area contributed by atoms with Crippen molar-refractivity contribution < 1.29 is 19.5 Å². The van der Waals surface area contributed by atoms with Crippen LogP contribution in [0.3, 0.4) is 0 Å². The van der Waals surface area contributed by atoms with Gasteiger partial charge in [0.25, 0.3) is 0 Å². The fourth-order valence-electron chi connectivity index (χ4n) is 1.87. The molecule has 0 saturated heterocycles. The monoisotopic (exact) mass is 297 g/mol. The molecule has 0 radical (unpaired) electrons. The Morgan fingerprint density at radius 3 is 2.55 bits per heavy atom. The summed E-state index contributed by atoms with van der Waals surface area (Å²) in [7, 11) is 0. The molecule has 0 amide bonds. The number of ketones is 2. The smallest absolute Gasteiger partial charge is 0.303 e. The van der Waals surface area contributed by atoms with Crippen molar-refractivity contribution in [2.75, 3.05) is 0 Å². The third-order valence-electron chi connectivity index (χ3n) is 2.91. The van der Waals surface area contributed by atoms with Crippen molar-refractivity contribution in [3.05, 3.63) is 29.0 Å². The normalized spacial score (nSPS) is 11.9. The number of carbonyl (C=O) groups excluding carboxylic acids is 2. The molecule has 108 valence electrons. The number of carboxylic acids is 1. The lowest BCUT2D eigenvalue weighted by Gasteiger charge is -2.12. The largest absolute Gasteiger partial charge is 0.481 e. The standard InChI is InChI=1S/C14H16ClNO4/c1-9(17)10(5-2-3-8-13(18)19)14(20)11-6-4-7-12(15)16-11/h4,6-7,10H,2-3,5,8H2,1H3,(H,18,19). The first-order chi connectivity index (χ1) is 9.41. The number of carboxylic acid groups (broad SMARTS) is 1. The first-order valence-electron chi connectivity index (χ1n) is 6.31.